The zero-order valence-corrected chi connectivity index (χ0v) is 8.91. The van der Waals surface area contributed by atoms with Gasteiger partial charge in [0.2, 0.25) is 0 Å². The van der Waals surface area contributed by atoms with E-state index in [0.717, 1.165) is 29.6 Å². The minimum atomic E-state index is 0.345. The van der Waals surface area contributed by atoms with Gasteiger partial charge in [0.25, 0.3) is 0 Å². The highest BCUT2D eigenvalue weighted by Gasteiger charge is 2.69. The molecule has 4 fully saturated rings. The first-order valence-corrected chi connectivity index (χ1v) is 6.59. The number of hydrogen-bond acceptors (Lipinski definition) is 1. The van der Waals surface area contributed by atoms with Gasteiger partial charge in [-0.15, -0.1) is 0 Å². The van der Waals surface area contributed by atoms with E-state index in [9.17, 15) is 0 Å². The Hall–Kier alpha value is -0.0400. The van der Waals surface area contributed by atoms with Gasteiger partial charge in [-0.2, -0.15) is 0 Å². The summed E-state index contributed by atoms with van der Waals surface area (Å²) >= 11 is 0. The Balaban J connectivity index is 1.60. The minimum absolute atomic E-state index is 0.345. The molecule has 0 aromatic carbocycles. The molecule has 4 saturated carbocycles. The standard InChI is InChI=1S/C13H21N/c14-13(10-2-1-3-11(10)13)12-7-8-4-5-9(12)6-8/h8-12H,1-7,14H2. The molecule has 0 saturated heterocycles. The van der Waals surface area contributed by atoms with Crippen LogP contribution < -0.4 is 5.73 Å². The van der Waals surface area contributed by atoms with Gasteiger partial charge >= 0.3 is 0 Å². The van der Waals surface area contributed by atoms with Crippen molar-refractivity contribution in [3.05, 3.63) is 0 Å². The summed E-state index contributed by atoms with van der Waals surface area (Å²) in [4.78, 5) is 0. The Bertz CT molecular complexity index is 262. The molecule has 14 heavy (non-hydrogen) atoms. The highest BCUT2D eigenvalue weighted by atomic mass is 14.9. The molecule has 0 radical (unpaired) electrons. The molecule has 4 rings (SSSR count). The van der Waals surface area contributed by atoms with Gasteiger partial charge in [0, 0.05) is 5.54 Å². The molecule has 4 aliphatic carbocycles. The summed E-state index contributed by atoms with van der Waals surface area (Å²) in [5, 5.41) is 0. The van der Waals surface area contributed by atoms with Gasteiger partial charge in [-0.05, 0) is 61.7 Å². The van der Waals surface area contributed by atoms with Crippen molar-refractivity contribution in [3.63, 3.8) is 0 Å². The normalized spacial score (nSPS) is 64.5. The van der Waals surface area contributed by atoms with Crippen molar-refractivity contribution < 1.29 is 0 Å². The van der Waals surface area contributed by atoms with Gasteiger partial charge in [-0.3, -0.25) is 0 Å². The topological polar surface area (TPSA) is 26.0 Å². The van der Waals surface area contributed by atoms with E-state index in [1.54, 1.807) is 0 Å². The Morgan fingerprint density at radius 2 is 1.64 bits per heavy atom. The third-order valence-electron chi connectivity index (χ3n) is 6.07. The summed E-state index contributed by atoms with van der Waals surface area (Å²) in [6, 6.07) is 0. The Kier molecular flexibility index (Phi) is 1.38. The van der Waals surface area contributed by atoms with Crippen molar-refractivity contribution in [3.8, 4) is 0 Å². The maximum absolute atomic E-state index is 6.69. The Morgan fingerprint density at radius 3 is 2.21 bits per heavy atom. The van der Waals surface area contributed by atoms with Crippen LogP contribution in [0.2, 0.25) is 0 Å². The lowest BCUT2D eigenvalue weighted by Gasteiger charge is -2.30. The average molecular weight is 191 g/mol. The Labute approximate surface area is 86.4 Å². The summed E-state index contributed by atoms with van der Waals surface area (Å²) in [5.41, 5.74) is 7.03. The molecule has 1 nitrogen and oxygen atoms in total. The number of hydrogen-bond donors (Lipinski definition) is 1. The molecule has 5 unspecified atom stereocenters. The lowest BCUT2D eigenvalue weighted by Crippen LogP contribution is -2.40. The number of fused-ring (bicyclic) bond motifs is 3. The van der Waals surface area contributed by atoms with Gasteiger partial charge in [0.05, 0.1) is 0 Å². The van der Waals surface area contributed by atoms with E-state index in [1.807, 2.05) is 0 Å². The maximum atomic E-state index is 6.69. The summed E-state index contributed by atoms with van der Waals surface area (Å²) in [5.74, 6) is 4.96. The molecule has 4 aliphatic rings. The fraction of sp³-hybridized carbons (Fsp3) is 1.00. The van der Waals surface area contributed by atoms with Gasteiger partial charge in [0.1, 0.15) is 0 Å². The molecule has 0 heterocycles. The van der Waals surface area contributed by atoms with Crippen LogP contribution in [-0.4, -0.2) is 5.54 Å². The van der Waals surface area contributed by atoms with E-state index >= 15 is 0 Å². The van der Waals surface area contributed by atoms with Crippen LogP contribution in [0, 0.1) is 29.6 Å². The third kappa shape index (κ3) is 0.778. The van der Waals surface area contributed by atoms with Gasteiger partial charge < -0.3 is 5.73 Å². The summed E-state index contributed by atoms with van der Waals surface area (Å²) in [7, 11) is 0. The van der Waals surface area contributed by atoms with E-state index in [4.69, 9.17) is 5.73 Å². The highest BCUT2D eigenvalue weighted by Crippen LogP contribution is 2.68. The lowest BCUT2D eigenvalue weighted by atomic mass is 9.78. The SMILES string of the molecule is NC1(C2CC3CCC2C3)C2CCCC21. The van der Waals surface area contributed by atoms with Crippen molar-refractivity contribution in [1.82, 2.24) is 0 Å². The van der Waals surface area contributed by atoms with Crippen molar-refractivity contribution >= 4 is 0 Å². The zero-order chi connectivity index (χ0) is 9.34. The van der Waals surface area contributed by atoms with Crippen molar-refractivity contribution in [1.29, 1.82) is 0 Å². The molecular formula is C13H21N. The highest BCUT2D eigenvalue weighted by molar-refractivity contribution is 5.23. The molecule has 0 aromatic rings. The molecule has 0 aromatic heterocycles. The maximum Gasteiger partial charge on any atom is 0.0249 e. The van der Waals surface area contributed by atoms with Crippen molar-refractivity contribution in [2.75, 3.05) is 0 Å². The fourth-order valence-electron chi connectivity index (χ4n) is 5.45. The van der Waals surface area contributed by atoms with E-state index in [1.165, 1.54) is 44.9 Å². The molecule has 5 atom stereocenters. The third-order valence-corrected chi connectivity index (χ3v) is 6.07. The largest absolute Gasteiger partial charge is 0.324 e. The van der Waals surface area contributed by atoms with Crippen LogP contribution >= 0.6 is 0 Å². The average Bonchev–Trinajstić information content (AvgIpc) is 2.80. The van der Waals surface area contributed by atoms with Gasteiger partial charge in [-0.1, -0.05) is 12.8 Å². The molecule has 1 heteroatoms. The van der Waals surface area contributed by atoms with E-state index in [2.05, 4.69) is 0 Å². The van der Waals surface area contributed by atoms with Crippen LogP contribution in [0.3, 0.4) is 0 Å². The van der Waals surface area contributed by atoms with Crippen molar-refractivity contribution in [2.45, 2.75) is 50.5 Å². The lowest BCUT2D eigenvalue weighted by molar-refractivity contribution is 0.234. The Morgan fingerprint density at radius 1 is 0.857 bits per heavy atom. The van der Waals surface area contributed by atoms with Gasteiger partial charge in [0.15, 0.2) is 0 Å². The predicted molar refractivity (Wildman–Crippen MR) is 56.7 cm³/mol. The first kappa shape index (κ1) is 8.15. The first-order chi connectivity index (χ1) is 6.80. The molecule has 0 amide bonds. The second-order valence-corrected chi connectivity index (χ2v) is 6.43. The van der Waals surface area contributed by atoms with Crippen LogP contribution in [0.4, 0.5) is 0 Å². The molecule has 78 valence electrons. The number of rotatable bonds is 1. The van der Waals surface area contributed by atoms with Gasteiger partial charge in [-0.25, -0.2) is 0 Å². The summed E-state index contributed by atoms with van der Waals surface area (Å²) < 4.78 is 0. The second kappa shape index (κ2) is 2.37. The summed E-state index contributed by atoms with van der Waals surface area (Å²) in [6.07, 6.45) is 10.4. The predicted octanol–water partition coefficient (Wildman–Crippen LogP) is 2.55. The van der Waals surface area contributed by atoms with E-state index in [0.29, 0.717) is 5.54 Å². The monoisotopic (exact) mass is 191 g/mol. The molecule has 0 spiro atoms. The van der Waals surface area contributed by atoms with Crippen LogP contribution in [0.5, 0.6) is 0 Å². The second-order valence-electron chi connectivity index (χ2n) is 6.43. The minimum Gasteiger partial charge on any atom is -0.324 e. The quantitative estimate of drug-likeness (QED) is 0.677. The molecule has 0 aliphatic heterocycles. The van der Waals surface area contributed by atoms with E-state index in [-0.39, 0.29) is 0 Å². The smallest absolute Gasteiger partial charge is 0.0249 e. The van der Waals surface area contributed by atoms with Crippen LogP contribution in [0.15, 0.2) is 0 Å². The van der Waals surface area contributed by atoms with Crippen LogP contribution in [-0.2, 0) is 0 Å². The zero-order valence-electron chi connectivity index (χ0n) is 8.91. The number of nitrogens with two attached hydrogens (primary N) is 1. The summed E-state index contributed by atoms with van der Waals surface area (Å²) in [6.45, 7) is 0. The molecular weight excluding hydrogens is 170 g/mol. The van der Waals surface area contributed by atoms with Crippen molar-refractivity contribution in [2.24, 2.45) is 35.3 Å². The molecule has 2 bridgehead atoms. The molecule has 2 N–H and O–H groups in total. The van der Waals surface area contributed by atoms with Crippen LogP contribution in [0.1, 0.15) is 44.9 Å². The first-order valence-electron chi connectivity index (χ1n) is 6.59. The fourth-order valence-corrected chi connectivity index (χ4v) is 5.45. The van der Waals surface area contributed by atoms with E-state index < -0.39 is 0 Å². The van der Waals surface area contributed by atoms with Crippen LogP contribution in [0.25, 0.3) is 0 Å².